The van der Waals surface area contributed by atoms with Gasteiger partial charge in [0.1, 0.15) is 11.2 Å². The third-order valence-electron chi connectivity index (χ3n) is 5.00. The predicted molar refractivity (Wildman–Crippen MR) is 92.4 cm³/mol. The van der Waals surface area contributed by atoms with Gasteiger partial charge in [-0.3, -0.25) is 14.4 Å². The van der Waals surface area contributed by atoms with Gasteiger partial charge in [0.15, 0.2) is 5.65 Å². The van der Waals surface area contributed by atoms with Gasteiger partial charge in [-0.25, -0.2) is 4.98 Å². The van der Waals surface area contributed by atoms with Crippen molar-refractivity contribution in [2.45, 2.75) is 44.4 Å². The molecule has 0 spiro atoms. The van der Waals surface area contributed by atoms with Gasteiger partial charge < -0.3 is 14.5 Å². The van der Waals surface area contributed by atoms with Gasteiger partial charge in [-0.05, 0) is 25.7 Å². The second kappa shape index (κ2) is 7.23. The molecular weight excluding hydrogens is 322 g/mol. The van der Waals surface area contributed by atoms with Crippen LogP contribution >= 0.6 is 0 Å². The Hall–Kier alpha value is -1.77. The number of rotatable bonds is 6. The Labute approximate surface area is 146 Å². The highest BCUT2D eigenvalue weighted by Gasteiger charge is 2.24. The molecule has 2 aromatic heterocycles. The molecule has 2 saturated heterocycles. The van der Waals surface area contributed by atoms with E-state index in [0.29, 0.717) is 23.4 Å². The normalized spacial score (nSPS) is 23.9. The van der Waals surface area contributed by atoms with E-state index in [0.717, 1.165) is 52.0 Å². The molecule has 8 heteroatoms. The number of hydrogen-bond donors (Lipinski definition) is 1. The van der Waals surface area contributed by atoms with Gasteiger partial charge >= 0.3 is 0 Å². The van der Waals surface area contributed by atoms with E-state index in [1.165, 1.54) is 0 Å². The first-order valence-electron chi connectivity index (χ1n) is 9.05. The third-order valence-corrected chi connectivity index (χ3v) is 5.00. The van der Waals surface area contributed by atoms with Crippen molar-refractivity contribution in [3.63, 3.8) is 0 Å². The summed E-state index contributed by atoms with van der Waals surface area (Å²) < 4.78 is 13.2. The maximum absolute atomic E-state index is 12.3. The van der Waals surface area contributed by atoms with Crippen LogP contribution in [0.3, 0.4) is 0 Å². The number of aryl methyl sites for hydroxylation is 1. The van der Waals surface area contributed by atoms with Gasteiger partial charge in [-0.2, -0.15) is 5.10 Å². The third kappa shape index (κ3) is 3.75. The minimum Gasteiger partial charge on any atom is -0.377 e. The van der Waals surface area contributed by atoms with E-state index in [2.05, 4.69) is 20.0 Å². The van der Waals surface area contributed by atoms with Crippen molar-refractivity contribution in [1.29, 1.82) is 0 Å². The molecule has 2 fully saturated rings. The maximum Gasteiger partial charge on any atom is 0.262 e. The van der Waals surface area contributed by atoms with Crippen molar-refractivity contribution in [1.82, 2.24) is 24.6 Å². The summed E-state index contributed by atoms with van der Waals surface area (Å²) in [6, 6.07) is 0. The van der Waals surface area contributed by atoms with Crippen LogP contribution in [0, 0.1) is 0 Å². The van der Waals surface area contributed by atoms with E-state index in [-0.39, 0.29) is 17.8 Å². The number of H-pyrrole nitrogens is 1. The van der Waals surface area contributed by atoms with Gasteiger partial charge in [-0.1, -0.05) is 0 Å². The Bertz CT molecular complexity index is 756. The fourth-order valence-corrected chi connectivity index (χ4v) is 3.72. The van der Waals surface area contributed by atoms with Crippen LogP contribution in [0.2, 0.25) is 0 Å². The zero-order valence-corrected chi connectivity index (χ0v) is 14.6. The SMILES string of the molecule is Cn1ncc2c(=O)[nH]c(CN(C[C@H]3CCCO3)C[C@H]3CCCO3)nc21. The zero-order valence-electron chi connectivity index (χ0n) is 14.6. The lowest BCUT2D eigenvalue weighted by atomic mass is 10.2. The summed E-state index contributed by atoms with van der Waals surface area (Å²) in [5, 5.41) is 4.65. The number of aromatic nitrogens is 4. The zero-order chi connectivity index (χ0) is 17.2. The van der Waals surface area contributed by atoms with Crippen LogP contribution in [0.1, 0.15) is 31.5 Å². The van der Waals surface area contributed by atoms with Crippen LogP contribution < -0.4 is 5.56 Å². The first kappa shape index (κ1) is 16.7. The van der Waals surface area contributed by atoms with E-state index in [9.17, 15) is 4.79 Å². The Kier molecular flexibility index (Phi) is 4.82. The molecule has 2 aromatic rings. The average Bonchev–Trinajstić information content (AvgIpc) is 3.32. The topological polar surface area (TPSA) is 85.3 Å². The lowest BCUT2D eigenvalue weighted by molar-refractivity contribution is 0.0336. The lowest BCUT2D eigenvalue weighted by Gasteiger charge is -2.27. The molecule has 25 heavy (non-hydrogen) atoms. The molecule has 0 bridgehead atoms. The van der Waals surface area contributed by atoms with Crippen molar-refractivity contribution in [2.24, 2.45) is 7.05 Å². The van der Waals surface area contributed by atoms with E-state index >= 15 is 0 Å². The van der Waals surface area contributed by atoms with Crippen molar-refractivity contribution < 1.29 is 9.47 Å². The van der Waals surface area contributed by atoms with Crippen molar-refractivity contribution in [2.75, 3.05) is 26.3 Å². The number of ether oxygens (including phenoxy) is 2. The summed E-state index contributed by atoms with van der Waals surface area (Å²) in [6.07, 6.45) is 6.49. The smallest absolute Gasteiger partial charge is 0.262 e. The Morgan fingerprint density at radius 3 is 2.52 bits per heavy atom. The van der Waals surface area contributed by atoms with E-state index in [4.69, 9.17) is 9.47 Å². The predicted octanol–water partition coefficient (Wildman–Crippen LogP) is 0.817. The molecule has 1 N–H and O–H groups in total. The minimum atomic E-state index is -0.137. The molecule has 0 amide bonds. The van der Waals surface area contributed by atoms with Gasteiger partial charge in [0.2, 0.25) is 0 Å². The number of hydrogen-bond acceptors (Lipinski definition) is 6. The number of nitrogens with one attached hydrogen (secondary N) is 1. The van der Waals surface area contributed by atoms with Crippen molar-refractivity contribution >= 4 is 11.0 Å². The van der Waals surface area contributed by atoms with Gasteiger partial charge in [0.25, 0.3) is 5.56 Å². The molecule has 4 heterocycles. The molecule has 0 aromatic carbocycles. The molecule has 8 nitrogen and oxygen atoms in total. The fourth-order valence-electron chi connectivity index (χ4n) is 3.72. The van der Waals surface area contributed by atoms with E-state index < -0.39 is 0 Å². The minimum absolute atomic E-state index is 0.137. The Morgan fingerprint density at radius 1 is 1.24 bits per heavy atom. The summed E-state index contributed by atoms with van der Waals surface area (Å²) in [5.41, 5.74) is 0.482. The first-order chi connectivity index (χ1) is 12.2. The van der Waals surface area contributed by atoms with E-state index in [1.54, 1.807) is 17.9 Å². The number of fused-ring (bicyclic) bond motifs is 1. The molecule has 0 aliphatic carbocycles. The standard InChI is InChI=1S/C17H25N5O3/c1-21-16-14(8-18-21)17(23)20-15(19-16)11-22(9-12-4-2-6-24-12)10-13-5-3-7-25-13/h8,12-13H,2-7,9-11H2,1H3,(H,19,20,23)/t12-,13-/m1/s1. The fraction of sp³-hybridized carbons (Fsp3) is 0.706. The van der Waals surface area contributed by atoms with Gasteiger partial charge in [0, 0.05) is 33.4 Å². The summed E-state index contributed by atoms with van der Waals surface area (Å²) in [7, 11) is 1.80. The molecule has 0 saturated carbocycles. The molecule has 4 rings (SSSR count). The Morgan fingerprint density at radius 2 is 1.92 bits per heavy atom. The summed E-state index contributed by atoms with van der Waals surface area (Å²) in [5.74, 6) is 0.664. The van der Waals surface area contributed by atoms with Crippen LogP contribution in [0.4, 0.5) is 0 Å². The molecule has 2 aliphatic rings. The highest BCUT2D eigenvalue weighted by Crippen LogP contribution is 2.18. The molecule has 2 atom stereocenters. The number of aromatic amines is 1. The van der Waals surface area contributed by atoms with Crippen molar-refractivity contribution in [3.8, 4) is 0 Å². The monoisotopic (exact) mass is 347 g/mol. The maximum atomic E-state index is 12.3. The summed E-state index contributed by atoms with van der Waals surface area (Å²) in [4.78, 5) is 22.1. The number of nitrogens with zero attached hydrogens (tertiary/aromatic N) is 4. The molecular formula is C17H25N5O3. The molecule has 0 radical (unpaired) electrons. The van der Waals surface area contributed by atoms with Gasteiger partial charge in [0.05, 0.1) is 24.9 Å². The van der Waals surface area contributed by atoms with Crippen LogP contribution in [-0.2, 0) is 23.1 Å². The van der Waals surface area contributed by atoms with Crippen LogP contribution in [0.15, 0.2) is 11.0 Å². The summed E-state index contributed by atoms with van der Waals surface area (Å²) in [6.45, 7) is 3.94. The van der Waals surface area contributed by atoms with E-state index in [1.807, 2.05) is 0 Å². The molecule has 0 unspecified atom stereocenters. The molecule has 136 valence electrons. The largest absolute Gasteiger partial charge is 0.377 e. The lowest BCUT2D eigenvalue weighted by Crippen LogP contribution is -2.38. The first-order valence-corrected chi connectivity index (χ1v) is 9.05. The summed E-state index contributed by atoms with van der Waals surface area (Å²) >= 11 is 0. The van der Waals surface area contributed by atoms with Crippen LogP contribution in [0.25, 0.3) is 11.0 Å². The highest BCUT2D eigenvalue weighted by molar-refractivity contribution is 5.72. The Balaban J connectivity index is 1.53. The second-order valence-electron chi connectivity index (χ2n) is 6.98. The van der Waals surface area contributed by atoms with Gasteiger partial charge in [-0.15, -0.1) is 0 Å². The second-order valence-corrected chi connectivity index (χ2v) is 6.98. The van der Waals surface area contributed by atoms with Crippen LogP contribution in [-0.4, -0.2) is 63.2 Å². The average molecular weight is 347 g/mol. The molecule has 2 aliphatic heterocycles. The quantitative estimate of drug-likeness (QED) is 0.833. The van der Waals surface area contributed by atoms with Crippen LogP contribution in [0.5, 0.6) is 0 Å². The van der Waals surface area contributed by atoms with Crippen molar-refractivity contribution in [3.05, 3.63) is 22.4 Å². The highest BCUT2D eigenvalue weighted by atomic mass is 16.5.